The lowest BCUT2D eigenvalue weighted by Gasteiger charge is -2.18. The Labute approximate surface area is 145 Å². The van der Waals surface area contributed by atoms with E-state index in [9.17, 15) is 29.0 Å². The normalized spacial score (nSPS) is 30.7. The molecule has 2 rings (SSSR count). The Balaban J connectivity index is 2.07. The third-order valence-corrected chi connectivity index (χ3v) is 5.89. The number of ether oxygens (including phenoxy) is 1. The lowest BCUT2D eigenvalue weighted by molar-refractivity contribution is -0.0541. The molecule has 0 amide bonds. The molecule has 148 valence electrons. The van der Waals surface area contributed by atoms with E-state index < -0.39 is 52.5 Å². The van der Waals surface area contributed by atoms with Gasteiger partial charge < -0.3 is 30.5 Å². The summed E-state index contributed by atoms with van der Waals surface area (Å²) < 4.78 is 41.2. The Kier molecular flexibility index (Phi) is 6.36. The molecule has 26 heavy (non-hydrogen) atoms. The molecule has 14 nitrogen and oxygen atoms in total. The van der Waals surface area contributed by atoms with Crippen LogP contribution in [0.5, 0.6) is 0 Å². The molecule has 0 bridgehead atoms. The minimum absolute atomic E-state index is 0.0656. The van der Waals surface area contributed by atoms with Crippen LogP contribution >= 0.6 is 15.6 Å². The molecule has 16 heteroatoms. The standard InChI is InChI=1S/C10H17N3O11P2/c1-21-25(17,18)24-26(19,20)22-4-5-7(14)8(15)9(23-5)13-3-2-6(11)12-10(13)16/h2-3,5,7-9,14-15H,4H2,1H3,(H,17,18)(H,19,20)(H2,11,12,16)/t5-,7+,8+,9-/m0/s1. The second kappa shape index (κ2) is 7.82. The zero-order valence-electron chi connectivity index (χ0n) is 13.2. The van der Waals surface area contributed by atoms with Crippen molar-refractivity contribution in [1.82, 2.24) is 9.55 Å². The molecule has 1 saturated heterocycles. The van der Waals surface area contributed by atoms with Crippen molar-refractivity contribution in [2.75, 3.05) is 19.5 Å². The minimum atomic E-state index is -5.05. The van der Waals surface area contributed by atoms with Gasteiger partial charge in [-0.3, -0.25) is 13.6 Å². The molecule has 1 aromatic rings. The lowest BCUT2D eigenvalue weighted by atomic mass is 10.1. The van der Waals surface area contributed by atoms with Gasteiger partial charge in [-0.05, 0) is 6.07 Å². The number of aliphatic hydroxyl groups is 2. The SMILES string of the molecule is COP(=O)(O)OP(=O)(O)OC[C@@H]1O[C@H](n2ccc(N)nc2=O)[C@H](O)[C@@H]1O. The van der Waals surface area contributed by atoms with Gasteiger partial charge in [0.1, 0.15) is 24.1 Å². The third-order valence-electron chi connectivity index (χ3n) is 3.30. The van der Waals surface area contributed by atoms with Gasteiger partial charge in [-0.15, -0.1) is 0 Å². The second-order valence-corrected chi connectivity index (χ2v) is 8.24. The van der Waals surface area contributed by atoms with Crippen LogP contribution in [0.4, 0.5) is 5.82 Å². The van der Waals surface area contributed by atoms with Crippen molar-refractivity contribution in [2.24, 2.45) is 0 Å². The molecule has 0 spiro atoms. The number of nitrogen functional groups attached to an aromatic ring is 1. The Morgan fingerprint density at radius 3 is 2.54 bits per heavy atom. The average molecular weight is 417 g/mol. The van der Waals surface area contributed by atoms with Gasteiger partial charge in [0.2, 0.25) is 0 Å². The van der Waals surface area contributed by atoms with Gasteiger partial charge in [-0.2, -0.15) is 9.29 Å². The van der Waals surface area contributed by atoms with Gasteiger partial charge in [0, 0.05) is 13.3 Å². The summed E-state index contributed by atoms with van der Waals surface area (Å²) in [5.41, 5.74) is 4.49. The predicted octanol–water partition coefficient (Wildman–Crippen LogP) is -1.67. The van der Waals surface area contributed by atoms with E-state index in [2.05, 4.69) is 18.3 Å². The summed E-state index contributed by atoms with van der Waals surface area (Å²) >= 11 is 0. The summed E-state index contributed by atoms with van der Waals surface area (Å²) in [4.78, 5) is 33.6. The van der Waals surface area contributed by atoms with Crippen molar-refractivity contribution in [1.29, 1.82) is 0 Å². The first-order valence-corrected chi connectivity index (χ1v) is 9.88. The number of nitrogens with zero attached hydrogens (tertiary/aromatic N) is 2. The molecule has 0 aromatic carbocycles. The van der Waals surface area contributed by atoms with E-state index in [0.29, 0.717) is 0 Å². The fourth-order valence-corrected chi connectivity index (χ4v) is 3.90. The number of phosphoric ester groups is 2. The third kappa shape index (κ3) is 4.96. The maximum Gasteiger partial charge on any atom is 0.481 e. The van der Waals surface area contributed by atoms with Gasteiger partial charge in [0.15, 0.2) is 6.23 Å². The first-order valence-electron chi connectivity index (χ1n) is 6.89. The predicted molar refractivity (Wildman–Crippen MR) is 82.5 cm³/mol. The van der Waals surface area contributed by atoms with Gasteiger partial charge in [-0.1, -0.05) is 0 Å². The molecule has 1 aliphatic heterocycles. The lowest BCUT2D eigenvalue weighted by Crippen LogP contribution is -2.36. The van der Waals surface area contributed by atoms with Crippen LogP contribution in [0, 0.1) is 0 Å². The van der Waals surface area contributed by atoms with E-state index in [4.69, 9.17) is 15.4 Å². The Hall–Kier alpha value is -1.18. The number of aliphatic hydroxyl groups excluding tert-OH is 2. The topological polar surface area (TPSA) is 213 Å². The number of anilines is 1. The highest BCUT2D eigenvalue weighted by Crippen LogP contribution is 2.60. The highest BCUT2D eigenvalue weighted by Gasteiger charge is 2.45. The number of aromatic nitrogens is 2. The molecule has 2 unspecified atom stereocenters. The Bertz CT molecular complexity index is 801. The van der Waals surface area contributed by atoms with Crippen LogP contribution in [0.3, 0.4) is 0 Å². The summed E-state index contributed by atoms with van der Waals surface area (Å²) in [6.45, 7) is -0.816. The van der Waals surface area contributed by atoms with Crippen LogP contribution in [0.25, 0.3) is 0 Å². The van der Waals surface area contributed by atoms with Crippen molar-refractivity contribution in [2.45, 2.75) is 24.5 Å². The van der Waals surface area contributed by atoms with E-state index in [-0.39, 0.29) is 5.82 Å². The van der Waals surface area contributed by atoms with Gasteiger partial charge in [0.25, 0.3) is 0 Å². The second-order valence-electron chi connectivity index (χ2n) is 5.09. The summed E-state index contributed by atoms with van der Waals surface area (Å²) in [5.74, 6) is -0.0656. The molecule has 1 aliphatic rings. The molecule has 2 heterocycles. The van der Waals surface area contributed by atoms with Crippen LogP contribution < -0.4 is 11.4 Å². The largest absolute Gasteiger partial charge is 0.481 e. The minimum Gasteiger partial charge on any atom is -0.387 e. The zero-order chi connectivity index (χ0) is 19.7. The molecule has 1 aromatic heterocycles. The number of hydrogen-bond donors (Lipinski definition) is 5. The maximum atomic E-state index is 11.8. The molecule has 0 saturated carbocycles. The quantitative estimate of drug-likeness (QED) is 0.314. The van der Waals surface area contributed by atoms with Crippen molar-refractivity contribution in [3.8, 4) is 0 Å². The fourth-order valence-electron chi connectivity index (χ4n) is 2.07. The number of hydrogen-bond acceptors (Lipinski definition) is 11. The molecule has 1 fully saturated rings. The summed E-state index contributed by atoms with van der Waals surface area (Å²) in [7, 11) is -9.09. The highest BCUT2D eigenvalue weighted by atomic mass is 31.3. The number of phosphoric acid groups is 2. The van der Waals surface area contributed by atoms with Crippen molar-refractivity contribution in [3.63, 3.8) is 0 Å². The Morgan fingerprint density at radius 2 is 1.96 bits per heavy atom. The monoisotopic (exact) mass is 417 g/mol. The van der Waals surface area contributed by atoms with E-state index in [0.717, 1.165) is 11.7 Å². The first kappa shape index (κ1) is 21.1. The van der Waals surface area contributed by atoms with Crippen molar-refractivity contribution >= 4 is 21.5 Å². The van der Waals surface area contributed by atoms with Gasteiger partial charge in [-0.25, -0.2) is 13.9 Å². The van der Waals surface area contributed by atoms with Crippen LogP contribution in [-0.2, 0) is 27.2 Å². The maximum absolute atomic E-state index is 11.8. The highest BCUT2D eigenvalue weighted by molar-refractivity contribution is 7.61. The fraction of sp³-hybridized carbons (Fsp3) is 0.600. The van der Waals surface area contributed by atoms with Crippen LogP contribution in [-0.4, -0.2) is 61.6 Å². The van der Waals surface area contributed by atoms with E-state index in [1.165, 1.54) is 12.3 Å². The molecule has 6 N–H and O–H groups in total. The van der Waals surface area contributed by atoms with Gasteiger partial charge >= 0.3 is 21.3 Å². The summed E-state index contributed by atoms with van der Waals surface area (Å²) in [5, 5.41) is 20.0. The Morgan fingerprint density at radius 1 is 1.31 bits per heavy atom. The molecular weight excluding hydrogens is 400 g/mol. The number of nitrogens with two attached hydrogens (primary N) is 1. The molecule has 0 aliphatic carbocycles. The van der Waals surface area contributed by atoms with Crippen LogP contribution in [0.1, 0.15) is 6.23 Å². The van der Waals surface area contributed by atoms with Crippen LogP contribution in [0.2, 0.25) is 0 Å². The van der Waals surface area contributed by atoms with Crippen molar-refractivity contribution in [3.05, 3.63) is 22.7 Å². The van der Waals surface area contributed by atoms with Crippen molar-refractivity contribution < 1.29 is 47.2 Å². The van der Waals surface area contributed by atoms with E-state index >= 15 is 0 Å². The van der Waals surface area contributed by atoms with Gasteiger partial charge in [0.05, 0.1) is 6.61 Å². The zero-order valence-corrected chi connectivity index (χ0v) is 15.0. The molecular formula is C10H17N3O11P2. The molecule has 6 atom stereocenters. The first-order chi connectivity index (χ1) is 12.0. The van der Waals surface area contributed by atoms with E-state index in [1.807, 2.05) is 0 Å². The number of rotatable bonds is 7. The van der Waals surface area contributed by atoms with Crippen LogP contribution in [0.15, 0.2) is 17.1 Å². The smallest absolute Gasteiger partial charge is 0.387 e. The van der Waals surface area contributed by atoms with E-state index in [1.54, 1.807) is 0 Å². The summed E-state index contributed by atoms with van der Waals surface area (Å²) in [6, 6.07) is 1.26. The summed E-state index contributed by atoms with van der Waals surface area (Å²) in [6.07, 6.45) is -4.79. The molecule has 0 radical (unpaired) electrons. The average Bonchev–Trinajstić information content (AvgIpc) is 2.80.